The summed E-state index contributed by atoms with van der Waals surface area (Å²) in [7, 11) is 0. The predicted octanol–water partition coefficient (Wildman–Crippen LogP) is 17.1. The van der Waals surface area contributed by atoms with Gasteiger partial charge in [0.1, 0.15) is 0 Å². The lowest BCUT2D eigenvalue weighted by atomic mass is 9.79. The standard InChI is InChI=1S/C63H42N2O/c66-63(45-20-4-1-5-21-45)46-34-37-55-53-30-14-15-31-54(53)59-41-49(64(47-24-6-2-7-25-47)61-32-16-22-43-18-10-12-28-51(43)61)35-38-56(59)57-39-36-50(42-60(57)58(55)40-46)65(48-26-8-3-9-27-48)62-33-17-23-44-19-11-13-29-52(44)62/h1-42H. The SMILES string of the molecule is O=C(c1ccccc1)c1ccc2c(c1)-c1cc(N(c3ccccc3)c3cccc4ccccc34)ccc1-c1ccc(N(c3ccccc3)c3cccc4ccccc34)cc1-c1ccccc1-2. The fraction of sp³-hybridized carbons (Fsp3) is 0. The summed E-state index contributed by atoms with van der Waals surface area (Å²) in [5.41, 5.74) is 16.4. The van der Waals surface area contributed by atoms with Gasteiger partial charge in [-0.3, -0.25) is 4.79 Å². The number of carbonyl (C=O) groups is 1. The summed E-state index contributed by atoms with van der Waals surface area (Å²) < 4.78 is 0. The van der Waals surface area contributed by atoms with Crippen LogP contribution in [0.3, 0.4) is 0 Å². The topological polar surface area (TPSA) is 23.6 Å². The summed E-state index contributed by atoms with van der Waals surface area (Å²) in [4.78, 5) is 19.1. The molecule has 0 spiro atoms. The molecule has 3 nitrogen and oxygen atoms in total. The average Bonchev–Trinajstić information content (AvgIpc) is 3.39. The zero-order valence-corrected chi connectivity index (χ0v) is 36.1. The van der Waals surface area contributed by atoms with Crippen molar-refractivity contribution in [1.29, 1.82) is 0 Å². The van der Waals surface area contributed by atoms with Gasteiger partial charge in [-0.15, -0.1) is 0 Å². The number of carbonyl (C=O) groups excluding carboxylic acids is 1. The van der Waals surface area contributed by atoms with E-state index in [1.54, 1.807) is 0 Å². The number of hydrogen-bond acceptors (Lipinski definition) is 3. The van der Waals surface area contributed by atoms with Gasteiger partial charge in [-0.1, -0.05) is 188 Å². The van der Waals surface area contributed by atoms with Gasteiger partial charge >= 0.3 is 0 Å². The quantitative estimate of drug-likeness (QED) is 0.142. The molecular weight excluding hydrogens is 801 g/mol. The Labute approximate surface area is 384 Å². The monoisotopic (exact) mass is 842 g/mol. The highest BCUT2D eigenvalue weighted by Gasteiger charge is 2.27. The molecule has 0 aromatic heterocycles. The maximum absolute atomic E-state index is 14.3. The molecule has 0 N–H and O–H groups in total. The molecule has 0 saturated carbocycles. The van der Waals surface area contributed by atoms with Crippen LogP contribution in [0.5, 0.6) is 0 Å². The Morgan fingerprint density at radius 2 is 0.636 bits per heavy atom. The van der Waals surface area contributed by atoms with E-state index < -0.39 is 0 Å². The molecule has 1 aliphatic rings. The van der Waals surface area contributed by atoms with Crippen LogP contribution < -0.4 is 9.80 Å². The average molecular weight is 843 g/mol. The molecule has 11 aromatic rings. The maximum Gasteiger partial charge on any atom is 0.193 e. The number of nitrogens with zero attached hydrogens (tertiary/aromatic N) is 2. The van der Waals surface area contributed by atoms with Crippen LogP contribution in [-0.4, -0.2) is 5.78 Å². The first-order valence-corrected chi connectivity index (χ1v) is 22.5. The molecule has 1 aliphatic carbocycles. The first-order chi connectivity index (χ1) is 32.7. The van der Waals surface area contributed by atoms with Crippen molar-refractivity contribution in [2.75, 3.05) is 9.80 Å². The number of benzene rings is 11. The Kier molecular flexibility index (Phi) is 9.65. The van der Waals surface area contributed by atoms with Gasteiger partial charge in [-0.05, 0) is 122 Å². The lowest BCUT2D eigenvalue weighted by Gasteiger charge is -2.30. The number of rotatable bonds is 8. The highest BCUT2D eigenvalue weighted by molar-refractivity contribution is 6.12. The molecule has 66 heavy (non-hydrogen) atoms. The highest BCUT2D eigenvalue weighted by Crippen LogP contribution is 2.52. The van der Waals surface area contributed by atoms with Crippen LogP contribution in [0.15, 0.2) is 255 Å². The summed E-state index contributed by atoms with van der Waals surface area (Å²) in [6.07, 6.45) is 0. The van der Waals surface area contributed by atoms with Crippen LogP contribution in [0.2, 0.25) is 0 Å². The molecule has 0 atom stereocenters. The van der Waals surface area contributed by atoms with Gasteiger partial charge in [0.2, 0.25) is 0 Å². The summed E-state index contributed by atoms with van der Waals surface area (Å²) >= 11 is 0. The van der Waals surface area contributed by atoms with Gasteiger partial charge < -0.3 is 9.80 Å². The van der Waals surface area contributed by atoms with E-state index in [0.29, 0.717) is 11.1 Å². The van der Waals surface area contributed by atoms with Gasteiger partial charge in [0.05, 0.1) is 11.4 Å². The normalized spacial score (nSPS) is 11.4. The van der Waals surface area contributed by atoms with Crippen molar-refractivity contribution in [3.8, 4) is 44.5 Å². The van der Waals surface area contributed by atoms with E-state index in [0.717, 1.165) is 84.0 Å². The van der Waals surface area contributed by atoms with E-state index >= 15 is 0 Å². The zero-order valence-electron chi connectivity index (χ0n) is 36.1. The van der Waals surface area contributed by atoms with E-state index in [4.69, 9.17) is 0 Å². The minimum Gasteiger partial charge on any atom is -0.310 e. The fourth-order valence-electron chi connectivity index (χ4n) is 9.93. The first kappa shape index (κ1) is 38.9. The first-order valence-electron chi connectivity index (χ1n) is 22.5. The lowest BCUT2D eigenvalue weighted by Crippen LogP contribution is -2.12. The Bertz CT molecular complexity index is 3610. The number of ketones is 1. The van der Waals surface area contributed by atoms with Gasteiger partial charge in [-0.25, -0.2) is 0 Å². The minimum absolute atomic E-state index is 0.00685. The zero-order chi connectivity index (χ0) is 44.0. The van der Waals surface area contributed by atoms with E-state index in [9.17, 15) is 4.79 Å². The molecular formula is C63H42N2O. The molecule has 310 valence electrons. The second-order valence-electron chi connectivity index (χ2n) is 16.8. The molecule has 12 rings (SSSR count). The lowest BCUT2D eigenvalue weighted by molar-refractivity contribution is 0.103. The van der Waals surface area contributed by atoms with E-state index in [1.165, 1.54) is 16.2 Å². The van der Waals surface area contributed by atoms with Gasteiger partial charge in [-0.2, -0.15) is 0 Å². The molecule has 0 aliphatic heterocycles. The Hall–Kier alpha value is -8.79. The van der Waals surface area contributed by atoms with E-state index in [-0.39, 0.29) is 5.78 Å². The predicted molar refractivity (Wildman–Crippen MR) is 276 cm³/mol. The second-order valence-corrected chi connectivity index (χ2v) is 16.8. The van der Waals surface area contributed by atoms with E-state index in [1.807, 2.05) is 36.4 Å². The van der Waals surface area contributed by atoms with Crippen molar-refractivity contribution < 1.29 is 4.79 Å². The van der Waals surface area contributed by atoms with Crippen LogP contribution in [-0.2, 0) is 0 Å². The number of fused-ring (bicyclic) bond motifs is 10. The Morgan fingerprint density at radius 3 is 1.17 bits per heavy atom. The van der Waals surface area contributed by atoms with Crippen LogP contribution in [0.4, 0.5) is 34.1 Å². The molecule has 0 unspecified atom stereocenters. The molecule has 0 fully saturated rings. The minimum atomic E-state index is -0.00685. The molecule has 0 radical (unpaired) electrons. The van der Waals surface area contributed by atoms with E-state index in [2.05, 4.69) is 228 Å². The largest absolute Gasteiger partial charge is 0.310 e. The molecule has 11 aromatic carbocycles. The van der Waals surface area contributed by atoms with Crippen LogP contribution in [0, 0.1) is 0 Å². The third-order valence-electron chi connectivity index (χ3n) is 13.0. The summed E-state index contributed by atoms with van der Waals surface area (Å²) in [6, 6.07) is 89.9. The summed E-state index contributed by atoms with van der Waals surface area (Å²) in [5, 5.41) is 4.70. The summed E-state index contributed by atoms with van der Waals surface area (Å²) in [5.74, 6) is -0.00685. The molecule has 0 amide bonds. The Morgan fingerprint density at radius 1 is 0.258 bits per heavy atom. The van der Waals surface area contributed by atoms with Crippen molar-refractivity contribution in [3.05, 3.63) is 266 Å². The maximum atomic E-state index is 14.3. The Balaban J connectivity index is 1.13. The van der Waals surface area contributed by atoms with Gasteiger partial charge in [0, 0.05) is 44.6 Å². The number of para-hydroxylation sites is 2. The molecule has 0 saturated heterocycles. The highest BCUT2D eigenvalue weighted by atomic mass is 16.1. The van der Waals surface area contributed by atoms with Crippen molar-refractivity contribution in [1.82, 2.24) is 0 Å². The van der Waals surface area contributed by atoms with Crippen LogP contribution >= 0.6 is 0 Å². The third kappa shape index (κ3) is 6.73. The molecule has 3 heteroatoms. The van der Waals surface area contributed by atoms with Crippen LogP contribution in [0.25, 0.3) is 66.1 Å². The molecule has 0 heterocycles. The smallest absolute Gasteiger partial charge is 0.193 e. The van der Waals surface area contributed by atoms with Gasteiger partial charge in [0.15, 0.2) is 5.78 Å². The number of hydrogen-bond donors (Lipinski definition) is 0. The second kappa shape index (κ2) is 16.4. The van der Waals surface area contributed by atoms with Crippen LogP contribution in [0.1, 0.15) is 15.9 Å². The van der Waals surface area contributed by atoms with Crippen molar-refractivity contribution in [2.24, 2.45) is 0 Å². The molecule has 0 bridgehead atoms. The summed E-state index contributed by atoms with van der Waals surface area (Å²) in [6.45, 7) is 0. The van der Waals surface area contributed by atoms with Crippen molar-refractivity contribution in [2.45, 2.75) is 0 Å². The van der Waals surface area contributed by atoms with Gasteiger partial charge in [0.25, 0.3) is 0 Å². The number of anilines is 6. The fourth-order valence-corrected chi connectivity index (χ4v) is 9.93. The van der Waals surface area contributed by atoms with Crippen molar-refractivity contribution in [3.63, 3.8) is 0 Å². The van der Waals surface area contributed by atoms with Crippen molar-refractivity contribution >= 4 is 61.5 Å². The third-order valence-corrected chi connectivity index (χ3v) is 13.0.